The van der Waals surface area contributed by atoms with E-state index in [9.17, 15) is 9.59 Å². The lowest BCUT2D eigenvalue weighted by atomic mass is 10.1. The van der Waals surface area contributed by atoms with Crippen LogP contribution < -0.4 is 10.2 Å². The van der Waals surface area contributed by atoms with Gasteiger partial charge in [-0.1, -0.05) is 6.92 Å². The zero-order chi connectivity index (χ0) is 15.9. The molecule has 1 aromatic rings. The molecular weight excluding hydrogens is 300 g/mol. The van der Waals surface area contributed by atoms with Gasteiger partial charge >= 0.3 is 5.97 Å². The molecule has 5 nitrogen and oxygen atoms in total. The van der Waals surface area contributed by atoms with Gasteiger partial charge in [0.2, 0.25) is 0 Å². The monoisotopic (exact) mass is 325 g/mol. The average Bonchev–Trinajstić information content (AvgIpc) is 2.91. The van der Waals surface area contributed by atoms with Crippen LogP contribution in [0.3, 0.4) is 0 Å². The number of likely N-dealkylation sites (tertiary alicyclic amines) is 1. The van der Waals surface area contributed by atoms with E-state index >= 15 is 0 Å². The van der Waals surface area contributed by atoms with Gasteiger partial charge in [0, 0.05) is 4.88 Å². The van der Waals surface area contributed by atoms with Crippen LogP contribution in [0.4, 0.5) is 5.00 Å². The molecule has 1 amide bonds. The Labute approximate surface area is 135 Å². The van der Waals surface area contributed by atoms with Gasteiger partial charge in [0.05, 0.1) is 25.3 Å². The molecule has 0 atom stereocenters. The molecule has 1 aliphatic rings. The molecule has 1 aliphatic heterocycles. The first-order valence-corrected chi connectivity index (χ1v) is 8.89. The second-order valence-electron chi connectivity index (χ2n) is 5.57. The fraction of sp³-hybridized carbons (Fsp3) is 0.625. The van der Waals surface area contributed by atoms with E-state index in [1.807, 2.05) is 13.0 Å². The van der Waals surface area contributed by atoms with E-state index in [-0.39, 0.29) is 11.9 Å². The van der Waals surface area contributed by atoms with Crippen LogP contribution in [0.1, 0.15) is 48.3 Å². The summed E-state index contributed by atoms with van der Waals surface area (Å²) in [4.78, 5) is 26.6. The first-order chi connectivity index (χ1) is 10.6. The molecule has 122 valence electrons. The summed E-state index contributed by atoms with van der Waals surface area (Å²) in [5.74, 6) is -0.383. The lowest BCUT2D eigenvalue weighted by molar-refractivity contribution is -0.896. The number of hydrogen-bond donors (Lipinski definition) is 2. The number of amides is 1. The van der Waals surface area contributed by atoms with Crippen LogP contribution in [0, 0.1) is 0 Å². The molecule has 0 bridgehead atoms. The fourth-order valence-electron chi connectivity index (χ4n) is 2.70. The number of rotatable bonds is 6. The summed E-state index contributed by atoms with van der Waals surface area (Å²) in [6, 6.07) is 1.83. The molecule has 0 unspecified atom stereocenters. The predicted octanol–water partition coefficient (Wildman–Crippen LogP) is 1.49. The number of nitrogens with one attached hydrogen (secondary N) is 2. The summed E-state index contributed by atoms with van der Waals surface area (Å²) < 4.78 is 5.07. The minimum Gasteiger partial charge on any atom is -0.462 e. The van der Waals surface area contributed by atoms with E-state index in [0.717, 1.165) is 24.4 Å². The number of thiophene rings is 1. The van der Waals surface area contributed by atoms with Crippen LogP contribution >= 0.6 is 11.3 Å². The summed E-state index contributed by atoms with van der Waals surface area (Å²) in [6.45, 7) is 6.74. The Hall–Kier alpha value is -1.40. The second-order valence-corrected chi connectivity index (χ2v) is 6.70. The largest absolute Gasteiger partial charge is 0.462 e. The Kier molecular flexibility index (Phi) is 6.39. The Morgan fingerprint density at radius 3 is 2.64 bits per heavy atom. The first kappa shape index (κ1) is 17.0. The summed E-state index contributed by atoms with van der Waals surface area (Å²) in [5.41, 5.74) is 0.477. The quantitative estimate of drug-likeness (QED) is 0.779. The normalized spacial score (nSPS) is 15.5. The maximum atomic E-state index is 12.2. The molecule has 2 N–H and O–H groups in total. The van der Waals surface area contributed by atoms with Gasteiger partial charge in [-0.05, 0) is 38.7 Å². The number of piperidine rings is 1. The molecule has 22 heavy (non-hydrogen) atoms. The van der Waals surface area contributed by atoms with Crippen molar-refractivity contribution in [3.63, 3.8) is 0 Å². The molecule has 0 spiro atoms. The lowest BCUT2D eigenvalue weighted by Crippen LogP contribution is -3.13. The van der Waals surface area contributed by atoms with Crippen molar-refractivity contribution in [2.75, 3.05) is 31.6 Å². The van der Waals surface area contributed by atoms with Gasteiger partial charge in [-0.15, -0.1) is 11.3 Å². The van der Waals surface area contributed by atoms with Gasteiger partial charge in [-0.2, -0.15) is 0 Å². The minimum atomic E-state index is -0.362. The number of esters is 1. The fourth-order valence-corrected chi connectivity index (χ4v) is 3.70. The van der Waals surface area contributed by atoms with Crippen LogP contribution in [0.5, 0.6) is 0 Å². The van der Waals surface area contributed by atoms with Crippen molar-refractivity contribution in [1.82, 2.24) is 0 Å². The van der Waals surface area contributed by atoms with Gasteiger partial charge in [0.1, 0.15) is 5.00 Å². The maximum Gasteiger partial charge on any atom is 0.341 e. The predicted molar refractivity (Wildman–Crippen MR) is 87.7 cm³/mol. The molecule has 0 aromatic carbocycles. The van der Waals surface area contributed by atoms with Crippen molar-refractivity contribution in [3.8, 4) is 0 Å². The van der Waals surface area contributed by atoms with E-state index in [4.69, 9.17) is 4.74 Å². The molecule has 2 heterocycles. The third-order valence-electron chi connectivity index (χ3n) is 3.85. The van der Waals surface area contributed by atoms with Crippen LogP contribution in [0.15, 0.2) is 6.07 Å². The molecule has 6 heteroatoms. The summed E-state index contributed by atoms with van der Waals surface area (Å²) in [5, 5.41) is 3.53. The highest BCUT2D eigenvalue weighted by Crippen LogP contribution is 2.29. The van der Waals surface area contributed by atoms with Crippen LogP contribution in [0.2, 0.25) is 0 Å². The first-order valence-electron chi connectivity index (χ1n) is 8.07. The van der Waals surface area contributed by atoms with E-state index in [2.05, 4.69) is 5.32 Å². The van der Waals surface area contributed by atoms with Crippen molar-refractivity contribution >= 4 is 28.2 Å². The minimum absolute atomic E-state index is 0.0213. The number of hydrogen-bond acceptors (Lipinski definition) is 4. The number of carbonyl (C=O) groups is 2. The third-order valence-corrected chi connectivity index (χ3v) is 5.05. The van der Waals surface area contributed by atoms with Crippen molar-refractivity contribution in [2.24, 2.45) is 0 Å². The van der Waals surface area contributed by atoms with Crippen molar-refractivity contribution in [3.05, 3.63) is 16.5 Å². The van der Waals surface area contributed by atoms with Crippen LogP contribution in [-0.4, -0.2) is 38.1 Å². The number of aryl methyl sites for hydroxylation is 1. The van der Waals surface area contributed by atoms with Crippen LogP contribution in [-0.2, 0) is 16.0 Å². The lowest BCUT2D eigenvalue weighted by Gasteiger charge is -2.22. The molecule has 0 saturated carbocycles. The number of quaternary nitrogens is 1. The van der Waals surface area contributed by atoms with E-state index in [0.29, 0.717) is 23.7 Å². The van der Waals surface area contributed by atoms with Crippen molar-refractivity contribution < 1.29 is 19.2 Å². The topological polar surface area (TPSA) is 59.8 Å². The van der Waals surface area contributed by atoms with E-state index in [1.165, 1.54) is 35.5 Å². The van der Waals surface area contributed by atoms with E-state index < -0.39 is 0 Å². The SMILES string of the molecule is CCOC(=O)c1cc(CC)sc1NC(=O)C[NH+]1CCCCC1. The molecule has 1 aromatic heterocycles. The molecular formula is C16H25N2O3S+. The van der Waals surface area contributed by atoms with Crippen LogP contribution in [0.25, 0.3) is 0 Å². The van der Waals surface area contributed by atoms with Gasteiger partial charge in [0.25, 0.3) is 5.91 Å². The molecule has 1 saturated heterocycles. The zero-order valence-electron chi connectivity index (χ0n) is 13.4. The van der Waals surface area contributed by atoms with Gasteiger partial charge in [0.15, 0.2) is 6.54 Å². The Balaban J connectivity index is 2.02. The van der Waals surface area contributed by atoms with Crippen molar-refractivity contribution in [2.45, 2.75) is 39.5 Å². The van der Waals surface area contributed by atoms with Gasteiger partial charge < -0.3 is 15.0 Å². The Morgan fingerprint density at radius 2 is 2.00 bits per heavy atom. The Bertz CT molecular complexity index is 521. The zero-order valence-corrected chi connectivity index (χ0v) is 14.2. The highest BCUT2D eigenvalue weighted by molar-refractivity contribution is 7.16. The average molecular weight is 325 g/mol. The highest BCUT2D eigenvalue weighted by atomic mass is 32.1. The maximum absolute atomic E-state index is 12.2. The summed E-state index contributed by atoms with van der Waals surface area (Å²) in [6.07, 6.45) is 4.48. The number of ether oxygens (including phenoxy) is 1. The Morgan fingerprint density at radius 1 is 1.27 bits per heavy atom. The molecule has 1 fully saturated rings. The standard InChI is InChI=1S/C16H24N2O3S/c1-3-12-10-13(16(20)21-4-2)15(22-12)17-14(19)11-18-8-6-5-7-9-18/h10H,3-9,11H2,1-2H3,(H,17,19)/p+1. The molecule has 2 rings (SSSR count). The van der Waals surface area contributed by atoms with Gasteiger partial charge in [-0.3, -0.25) is 4.79 Å². The summed E-state index contributed by atoms with van der Waals surface area (Å²) in [7, 11) is 0. The van der Waals surface area contributed by atoms with Crippen molar-refractivity contribution in [1.29, 1.82) is 0 Å². The molecule has 0 radical (unpaired) electrons. The number of carbonyl (C=O) groups excluding carboxylic acids is 2. The summed E-state index contributed by atoms with van der Waals surface area (Å²) >= 11 is 1.46. The molecule has 0 aliphatic carbocycles. The third kappa shape index (κ3) is 4.55. The van der Waals surface area contributed by atoms with Gasteiger partial charge in [-0.25, -0.2) is 4.79 Å². The highest BCUT2D eigenvalue weighted by Gasteiger charge is 2.21. The smallest absolute Gasteiger partial charge is 0.341 e. The van der Waals surface area contributed by atoms with E-state index in [1.54, 1.807) is 6.92 Å². The second kappa shape index (κ2) is 8.29. The number of anilines is 1.